The third-order valence-corrected chi connectivity index (χ3v) is 18.9. The maximum atomic E-state index is 13.1. The molecule has 0 aromatic carbocycles. The van der Waals surface area contributed by atoms with Gasteiger partial charge in [-0.15, -0.1) is 0 Å². The third kappa shape index (κ3) is 66.7. The van der Waals surface area contributed by atoms with Gasteiger partial charge in [-0.25, -0.2) is 9.13 Å². The summed E-state index contributed by atoms with van der Waals surface area (Å²) in [5.74, 6) is -1.32. The zero-order valence-electron chi connectivity index (χ0n) is 59.7. The van der Waals surface area contributed by atoms with Gasteiger partial charge >= 0.3 is 39.5 Å². The molecule has 0 aliphatic heterocycles. The van der Waals surface area contributed by atoms with E-state index in [9.17, 15) is 43.2 Å². The summed E-state index contributed by atoms with van der Waals surface area (Å²) in [4.78, 5) is 72.2. The zero-order valence-corrected chi connectivity index (χ0v) is 61.5. The Bertz CT molecular complexity index is 1770. The minimum atomic E-state index is -4.95. The number of hydrogen-bond acceptors (Lipinski definition) is 15. The Kier molecular flexibility index (Phi) is 64.9. The highest BCUT2D eigenvalue weighted by atomic mass is 31.2. The van der Waals surface area contributed by atoms with E-state index in [4.69, 9.17) is 37.0 Å². The molecule has 0 radical (unpaired) electrons. The second-order valence-electron chi connectivity index (χ2n) is 26.8. The fourth-order valence-corrected chi connectivity index (χ4v) is 12.8. The standard InChI is InChI=1S/C73H142O17P2/c1-6-9-12-15-17-19-20-21-22-23-24-25-26-31-34-37-40-44-49-54-59-73(78)90-69(63-84-71(76)57-52-47-43-39-36-33-30-28-27-29-32-35-38-41-46-50-55-66(4)5)65-88-92(81,82)86-61-67(74)60-85-91(79,80)87-64-68(62-83-70(75)56-51-45-14-11-8-3)89-72(77)58-53-48-42-18-16-13-10-7-2/h66-69,74H,6-65H2,1-5H3,(H,79,80)(H,81,82)/t67-,68+,69+/m0/s1. The van der Waals surface area contributed by atoms with Gasteiger partial charge in [-0.3, -0.25) is 37.3 Å². The predicted molar refractivity (Wildman–Crippen MR) is 372 cm³/mol. The Morgan fingerprint density at radius 1 is 0.293 bits per heavy atom. The number of rotatable bonds is 73. The summed E-state index contributed by atoms with van der Waals surface area (Å²) in [5.41, 5.74) is 0. The normalized spacial score (nSPS) is 14.0. The Labute approximate surface area is 562 Å². The molecular formula is C73H142O17P2. The van der Waals surface area contributed by atoms with Gasteiger partial charge in [0.15, 0.2) is 12.2 Å². The summed E-state index contributed by atoms with van der Waals surface area (Å²) in [6.45, 7) is 7.18. The van der Waals surface area contributed by atoms with Crippen molar-refractivity contribution in [2.24, 2.45) is 5.92 Å². The van der Waals surface area contributed by atoms with Crippen molar-refractivity contribution in [2.45, 2.75) is 400 Å². The summed E-state index contributed by atoms with van der Waals surface area (Å²) in [6.07, 6.45) is 54.8. The number of ether oxygens (including phenoxy) is 4. The van der Waals surface area contributed by atoms with Gasteiger partial charge in [0.25, 0.3) is 0 Å². The molecule has 3 N–H and O–H groups in total. The Hall–Kier alpha value is -1.94. The average molecular weight is 1350 g/mol. The second-order valence-corrected chi connectivity index (χ2v) is 29.7. The van der Waals surface area contributed by atoms with Crippen LogP contribution < -0.4 is 0 Å². The number of phosphoric ester groups is 2. The highest BCUT2D eigenvalue weighted by Crippen LogP contribution is 2.45. The lowest BCUT2D eigenvalue weighted by Gasteiger charge is -2.21. The number of carbonyl (C=O) groups is 4. The maximum Gasteiger partial charge on any atom is 0.472 e. The van der Waals surface area contributed by atoms with Crippen molar-refractivity contribution in [2.75, 3.05) is 39.6 Å². The molecule has 0 heterocycles. The van der Waals surface area contributed by atoms with Crippen LogP contribution in [0.3, 0.4) is 0 Å². The van der Waals surface area contributed by atoms with Crippen LogP contribution in [0.5, 0.6) is 0 Å². The van der Waals surface area contributed by atoms with Crippen LogP contribution in [0.25, 0.3) is 0 Å². The molecule has 0 bridgehead atoms. The van der Waals surface area contributed by atoms with Gasteiger partial charge in [-0.2, -0.15) is 0 Å². The molecule has 0 amide bonds. The predicted octanol–water partition coefficient (Wildman–Crippen LogP) is 21.3. The largest absolute Gasteiger partial charge is 0.472 e. The molecule has 0 aromatic rings. The van der Waals surface area contributed by atoms with Crippen LogP contribution in [-0.4, -0.2) is 96.7 Å². The van der Waals surface area contributed by atoms with Crippen LogP contribution in [0.4, 0.5) is 0 Å². The molecule has 0 aliphatic carbocycles. The van der Waals surface area contributed by atoms with Gasteiger partial charge in [0.2, 0.25) is 0 Å². The molecule has 17 nitrogen and oxygen atoms in total. The van der Waals surface area contributed by atoms with Crippen molar-refractivity contribution in [1.82, 2.24) is 0 Å². The number of carbonyl (C=O) groups excluding carboxylic acids is 4. The molecule has 0 saturated heterocycles. The molecular weight excluding hydrogens is 1210 g/mol. The topological polar surface area (TPSA) is 237 Å². The number of aliphatic hydroxyl groups excluding tert-OH is 1. The molecule has 19 heteroatoms. The van der Waals surface area contributed by atoms with Crippen LogP contribution in [-0.2, 0) is 65.4 Å². The van der Waals surface area contributed by atoms with E-state index in [1.807, 2.05) is 0 Å². The van der Waals surface area contributed by atoms with Crippen LogP contribution >= 0.6 is 15.6 Å². The first kappa shape index (κ1) is 90.1. The number of esters is 4. The molecule has 92 heavy (non-hydrogen) atoms. The van der Waals surface area contributed by atoms with Gasteiger partial charge in [-0.05, 0) is 31.6 Å². The molecule has 0 spiro atoms. The summed E-state index contributed by atoms with van der Waals surface area (Å²) in [6, 6.07) is 0. The summed E-state index contributed by atoms with van der Waals surface area (Å²) in [7, 11) is -9.89. The van der Waals surface area contributed by atoms with E-state index < -0.39 is 97.5 Å². The molecule has 5 atom stereocenters. The lowest BCUT2D eigenvalue weighted by molar-refractivity contribution is -0.161. The van der Waals surface area contributed by atoms with E-state index in [1.165, 1.54) is 193 Å². The number of hydrogen-bond donors (Lipinski definition) is 3. The lowest BCUT2D eigenvalue weighted by atomic mass is 10.0. The minimum absolute atomic E-state index is 0.104. The SMILES string of the molecule is CCCCCCCCCCCCCCCCCCCCCCC(=O)O[C@H](COC(=O)CCCCCCCCCCCCCCCCCCC(C)C)COP(=O)(O)OC[C@@H](O)COP(=O)(O)OC[C@@H](COC(=O)CCCCCCC)OC(=O)CCCCCCCCCC. The van der Waals surface area contributed by atoms with E-state index in [1.54, 1.807) is 0 Å². The minimum Gasteiger partial charge on any atom is -0.462 e. The van der Waals surface area contributed by atoms with Gasteiger partial charge < -0.3 is 33.8 Å². The smallest absolute Gasteiger partial charge is 0.462 e. The highest BCUT2D eigenvalue weighted by Gasteiger charge is 2.30. The van der Waals surface area contributed by atoms with E-state index in [0.29, 0.717) is 25.7 Å². The number of aliphatic hydroxyl groups is 1. The van der Waals surface area contributed by atoms with E-state index in [2.05, 4.69) is 34.6 Å². The van der Waals surface area contributed by atoms with Crippen molar-refractivity contribution >= 4 is 39.5 Å². The average Bonchev–Trinajstić information content (AvgIpc) is 1.64. The van der Waals surface area contributed by atoms with Crippen molar-refractivity contribution in [3.8, 4) is 0 Å². The molecule has 546 valence electrons. The number of unbranched alkanes of at least 4 members (excludes halogenated alkanes) is 45. The van der Waals surface area contributed by atoms with Gasteiger partial charge in [-0.1, -0.05) is 330 Å². The van der Waals surface area contributed by atoms with Gasteiger partial charge in [0.1, 0.15) is 19.3 Å². The zero-order chi connectivity index (χ0) is 67.7. The highest BCUT2D eigenvalue weighted by molar-refractivity contribution is 7.47. The van der Waals surface area contributed by atoms with E-state index in [0.717, 1.165) is 109 Å². The Balaban J connectivity index is 5.09. The first-order valence-corrected chi connectivity index (χ1v) is 41.1. The fraction of sp³-hybridized carbons (Fsp3) is 0.945. The van der Waals surface area contributed by atoms with Crippen molar-refractivity contribution in [3.63, 3.8) is 0 Å². The van der Waals surface area contributed by atoms with Crippen molar-refractivity contribution in [3.05, 3.63) is 0 Å². The van der Waals surface area contributed by atoms with Gasteiger partial charge in [0, 0.05) is 25.7 Å². The first-order chi connectivity index (χ1) is 44.5. The number of phosphoric acid groups is 2. The quantitative estimate of drug-likeness (QED) is 0.0222. The van der Waals surface area contributed by atoms with E-state index >= 15 is 0 Å². The second kappa shape index (κ2) is 66.3. The Morgan fingerprint density at radius 2 is 0.500 bits per heavy atom. The molecule has 2 unspecified atom stereocenters. The monoisotopic (exact) mass is 1350 g/mol. The third-order valence-electron chi connectivity index (χ3n) is 17.0. The molecule has 0 rings (SSSR count). The fourth-order valence-electron chi connectivity index (χ4n) is 11.2. The van der Waals surface area contributed by atoms with Gasteiger partial charge in [0.05, 0.1) is 26.4 Å². The van der Waals surface area contributed by atoms with Crippen LogP contribution in [0.1, 0.15) is 381 Å². The Morgan fingerprint density at radius 3 is 0.739 bits per heavy atom. The molecule has 0 fully saturated rings. The first-order valence-electron chi connectivity index (χ1n) is 38.1. The summed E-state index contributed by atoms with van der Waals surface area (Å²) < 4.78 is 68.1. The molecule has 0 aliphatic rings. The van der Waals surface area contributed by atoms with Crippen LogP contribution in [0, 0.1) is 5.92 Å². The van der Waals surface area contributed by atoms with Crippen LogP contribution in [0.2, 0.25) is 0 Å². The van der Waals surface area contributed by atoms with Crippen LogP contribution in [0.15, 0.2) is 0 Å². The summed E-state index contributed by atoms with van der Waals surface area (Å²) >= 11 is 0. The summed E-state index contributed by atoms with van der Waals surface area (Å²) in [5, 5.41) is 10.6. The van der Waals surface area contributed by atoms with Crippen molar-refractivity contribution < 1.29 is 80.2 Å². The molecule has 0 aromatic heterocycles. The maximum absolute atomic E-state index is 13.1. The van der Waals surface area contributed by atoms with Crippen molar-refractivity contribution in [1.29, 1.82) is 0 Å². The molecule has 0 saturated carbocycles. The lowest BCUT2D eigenvalue weighted by Crippen LogP contribution is -2.30. The van der Waals surface area contributed by atoms with E-state index in [-0.39, 0.29) is 25.7 Å².